The topological polar surface area (TPSA) is 69.4 Å². The number of nitro benzene ring substituents is 1. The number of ketones is 1. The molecule has 0 aromatic heterocycles. The molecule has 0 fully saturated rings. The first kappa shape index (κ1) is 14.7. The number of rotatable bonds is 5. The van der Waals surface area contributed by atoms with Gasteiger partial charge in [-0.2, -0.15) is 0 Å². The van der Waals surface area contributed by atoms with Crippen LogP contribution in [0.5, 0.6) is 5.75 Å². The Labute approximate surface area is 122 Å². The molecular formula is C16H15NO4. The van der Waals surface area contributed by atoms with Crippen LogP contribution in [0, 0.1) is 17.0 Å². The van der Waals surface area contributed by atoms with E-state index in [1.54, 1.807) is 32.2 Å². The Morgan fingerprint density at radius 1 is 1.19 bits per heavy atom. The second kappa shape index (κ2) is 6.17. The van der Waals surface area contributed by atoms with Gasteiger partial charge in [0.25, 0.3) is 5.69 Å². The number of aryl methyl sites for hydroxylation is 1. The highest BCUT2D eigenvalue weighted by Gasteiger charge is 2.14. The SMILES string of the molecule is COc1ccc(CC(=O)c2ccc([N+](=O)[O-])c(C)c2)cc1. The number of hydrogen-bond donors (Lipinski definition) is 0. The predicted molar refractivity (Wildman–Crippen MR) is 78.9 cm³/mol. The fraction of sp³-hybridized carbons (Fsp3) is 0.188. The normalized spacial score (nSPS) is 10.2. The molecular weight excluding hydrogens is 270 g/mol. The first-order valence-corrected chi connectivity index (χ1v) is 6.42. The van der Waals surface area contributed by atoms with Gasteiger partial charge in [-0.05, 0) is 36.8 Å². The largest absolute Gasteiger partial charge is 0.497 e. The molecule has 108 valence electrons. The van der Waals surface area contributed by atoms with E-state index in [4.69, 9.17) is 4.74 Å². The van der Waals surface area contributed by atoms with Crippen molar-refractivity contribution in [3.63, 3.8) is 0 Å². The number of Topliss-reactive ketones (excluding diaryl/α,β-unsaturated/α-hetero) is 1. The van der Waals surface area contributed by atoms with Crippen LogP contribution < -0.4 is 4.74 Å². The molecule has 0 unspecified atom stereocenters. The summed E-state index contributed by atoms with van der Waals surface area (Å²) in [4.78, 5) is 22.5. The Morgan fingerprint density at radius 3 is 2.38 bits per heavy atom. The van der Waals surface area contributed by atoms with E-state index < -0.39 is 4.92 Å². The van der Waals surface area contributed by atoms with Crippen LogP contribution in [-0.4, -0.2) is 17.8 Å². The number of carbonyl (C=O) groups is 1. The Kier molecular flexibility index (Phi) is 4.33. The molecule has 5 nitrogen and oxygen atoms in total. The van der Waals surface area contributed by atoms with Crippen LogP contribution >= 0.6 is 0 Å². The van der Waals surface area contributed by atoms with Gasteiger partial charge < -0.3 is 4.74 Å². The highest BCUT2D eigenvalue weighted by atomic mass is 16.6. The summed E-state index contributed by atoms with van der Waals surface area (Å²) < 4.78 is 5.06. The number of benzene rings is 2. The fourth-order valence-electron chi connectivity index (χ4n) is 2.06. The van der Waals surface area contributed by atoms with Gasteiger partial charge in [0.2, 0.25) is 0 Å². The van der Waals surface area contributed by atoms with Crippen molar-refractivity contribution in [3.05, 3.63) is 69.3 Å². The van der Waals surface area contributed by atoms with Gasteiger partial charge in [-0.15, -0.1) is 0 Å². The molecule has 0 aliphatic heterocycles. The average molecular weight is 285 g/mol. The van der Waals surface area contributed by atoms with Crippen molar-refractivity contribution >= 4 is 11.5 Å². The van der Waals surface area contributed by atoms with Crippen molar-refractivity contribution < 1.29 is 14.5 Å². The zero-order valence-electron chi connectivity index (χ0n) is 11.8. The van der Waals surface area contributed by atoms with Gasteiger partial charge in [0, 0.05) is 23.6 Å². The lowest BCUT2D eigenvalue weighted by Gasteiger charge is -2.05. The molecule has 0 radical (unpaired) electrons. The van der Waals surface area contributed by atoms with Crippen LogP contribution in [0.2, 0.25) is 0 Å². The summed E-state index contributed by atoms with van der Waals surface area (Å²) in [5, 5.41) is 10.8. The van der Waals surface area contributed by atoms with Gasteiger partial charge in [-0.25, -0.2) is 0 Å². The third kappa shape index (κ3) is 3.45. The number of hydrogen-bond acceptors (Lipinski definition) is 4. The van der Waals surface area contributed by atoms with E-state index in [0.29, 0.717) is 11.1 Å². The monoisotopic (exact) mass is 285 g/mol. The van der Waals surface area contributed by atoms with E-state index in [9.17, 15) is 14.9 Å². The summed E-state index contributed by atoms with van der Waals surface area (Å²) >= 11 is 0. The molecule has 0 aliphatic carbocycles. The average Bonchev–Trinajstić information content (AvgIpc) is 2.47. The smallest absolute Gasteiger partial charge is 0.272 e. The van der Waals surface area contributed by atoms with Gasteiger partial charge >= 0.3 is 0 Å². The first-order chi connectivity index (χ1) is 10.0. The van der Waals surface area contributed by atoms with Crippen LogP contribution in [0.3, 0.4) is 0 Å². The van der Waals surface area contributed by atoms with Gasteiger partial charge in [0.05, 0.1) is 12.0 Å². The Hall–Kier alpha value is -2.69. The third-order valence-electron chi connectivity index (χ3n) is 3.24. The zero-order chi connectivity index (χ0) is 15.4. The Balaban J connectivity index is 2.16. The van der Waals surface area contributed by atoms with Crippen molar-refractivity contribution in [1.82, 2.24) is 0 Å². The highest BCUT2D eigenvalue weighted by molar-refractivity contribution is 5.98. The Morgan fingerprint density at radius 2 is 1.86 bits per heavy atom. The molecule has 0 atom stereocenters. The van der Waals surface area contributed by atoms with Gasteiger partial charge in [0.1, 0.15) is 5.75 Å². The number of nitro groups is 1. The number of ether oxygens (including phenoxy) is 1. The molecule has 2 aromatic carbocycles. The lowest BCUT2D eigenvalue weighted by molar-refractivity contribution is -0.385. The lowest BCUT2D eigenvalue weighted by atomic mass is 10.0. The fourth-order valence-corrected chi connectivity index (χ4v) is 2.06. The third-order valence-corrected chi connectivity index (χ3v) is 3.24. The molecule has 0 amide bonds. The molecule has 0 saturated heterocycles. The Bertz CT molecular complexity index is 677. The maximum Gasteiger partial charge on any atom is 0.272 e. The second-order valence-corrected chi connectivity index (χ2v) is 4.71. The summed E-state index contributed by atoms with van der Waals surface area (Å²) in [6.45, 7) is 1.63. The molecule has 0 bridgehead atoms. The van der Waals surface area contributed by atoms with Crippen LogP contribution in [0.25, 0.3) is 0 Å². The maximum atomic E-state index is 12.2. The standard InChI is InChI=1S/C16H15NO4/c1-11-9-13(5-8-15(11)17(19)20)16(18)10-12-3-6-14(21-2)7-4-12/h3-9H,10H2,1-2H3. The quantitative estimate of drug-likeness (QED) is 0.480. The number of carbonyl (C=O) groups excluding carboxylic acids is 1. The number of nitrogens with zero attached hydrogens (tertiary/aromatic N) is 1. The molecule has 21 heavy (non-hydrogen) atoms. The summed E-state index contributed by atoms with van der Waals surface area (Å²) in [5.74, 6) is 0.663. The zero-order valence-corrected chi connectivity index (χ0v) is 11.8. The minimum absolute atomic E-state index is 0.0241. The van der Waals surface area contributed by atoms with E-state index in [0.717, 1.165) is 11.3 Å². The molecule has 0 heterocycles. The summed E-state index contributed by atoms with van der Waals surface area (Å²) in [6, 6.07) is 11.7. The molecule has 5 heteroatoms. The lowest BCUT2D eigenvalue weighted by Crippen LogP contribution is -2.04. The minimum atomic E-state index is -0.451. The van der Waals surface area contributed by atoms with Gasteiger partial charge in [-0.3, -0.25) is 14.9 Å². The van der Waals surface area contributed by atoms with Crippen LogP contribution in [0.4, 0.5) is 5.69 Å². The van der Waals surface area contributed by atoms with Crippen molar-refractivity contribution in [1.29, 1.82) is 0 Å². The van der Waals surface area contributed by atoms with E-state index in [2.05, 4.69) is 0 Å². The van der Waals surface area contributed by atoms with Gasteiger partial charge in [-0.1, -0.05) is 12.1 Å². The minimum Gasteiger partial charge on any atom is -0.497 e. The molecule has 0 N–H and O–H groups in total. The molecule has 2 rings (SSSR count). The summed E-state index contributed by atoms with van der Waals surface area (Å²) in [6.07, 6.45) is 0.251. The van der Waals surface area contributed by atoms with Crippen LogP contribution in [0.15, 0.2) is 42.5 Å². The first-order valence-electron chi connectivity index (χ1n) is 6.42. The van der Waals surface area contributed by atoms with Crippen molar-refractivity contribution in [2.75, 3.05) is 7.11 Å². The van der Waals surface area contributed by atoms with Crippen LogP contribution in [0.1, 0.15) is 21.5 Å². The molecule has 0 spiro atoms. The van der Waals surface area contributed by atoms with E-state index in [1.807, 2.05) is 12.1 Å². The van der Waals surface area contributed by atoms with Crippen molar-refractivity contribution in [2.24, 2.45) is 0 Å². The number of methoxy groups -OCH3 is 1. The van der Waals surface area contributed by atoms with Crippen molar-refractivity contribution in [3.8, 4) is 5.75 Å². The summed E-state index contributed by atoms with van der Waals surface area (Å²) in [5.41, 5.74) is 1.86. The maximum absolute atomic E-state index is 12.2. The van der Waals surface area contributed by atoms with E-state index >= 15 is 0 Å². The van der Waals surface area contributed by atoms with Gasteiger partial charge in [0.15, 0.2) is 5.78 Å². The molecule has 2 aromatic rings. The molecule has 0 aliphatic rings. The molecule has 0 saturated carbocycles. The van der Waals surface area contributed by atoms with E-state index in [-0.39, 0.29) is 17.9 Å². The summed E-state index contributed by atoms with van der Waals surface area (Å²) in [7, 11) is 1.58. The second-order valence-electron chi connectivity index (χ2n) is 4.71. The van der Waals surface area contributed by atoms with Crippen LogP contribution in [-0.2, 0) is 6.42 Å². The highest BCUT2D eigenvalue weighted by Crippen LogP contribution is 2.20. The van der Waals surface area contributed by atoms with Crippen molar-refractivity contribution in [2.45, 2.75) is 13.3 Å². The van der Waals surface area contributed by atoms with E-state index in [1.165, 1.54) is 12.1 Å². The predicted octanol–water partition coefficient (Wildman–Crippen LogP) is 3.34.